The molecule has 1 N–H and O–H groups in total. The number of allylic oxidation sites excluding steroid dienone is 1. The first kappa shape index (κ1) is 19.4. The van der Waals surface area contributed by atoms with E-state index in [2.05, 4.69) is 30.4 Å². The van der Waals surface area contributed by atoms with Gasteiger partial charge in [0.25, 0.3) is 5.91 Å². The number of carbonyl (C=O) groups excluding carboxylic acids is 1. The lowest BCUT2D eigenvalue weighted by Gasteiger charge is -2.16. The fourth-order valence-electron chi connectivity index (χ4n) is 2.30. The molecular formula is C22H26N2O2. The molecule has 0 aliphatic heterocycles. The van der Waals surface area contributed by atoms with Crippen LogP contribution in [0.2, 0.25) is 0 Å². The first-order chi connectivity index (χ1) is 12.5. The third kappa shape index (κ3) is 5.88. The first-order valence-corrected chi connectivity index (χ1v) is 8.79. The van der Waals surface area contributed by atoms with Crippen LogP contribution >= 0.6 is 0 Å². The molecule has 0 saturated carbocycles. The van der Waals surface area contributed by atoms with Gasteiger partial charge in [-0.2, -0.15) is 5.10 Å². The molecule has 136 valence electrons. The smallest absolute Gasteiger partial charge is 0.280 e. The van der Waals surface area contributed by atoms with Crippen molar-refractivity contribution >= 4 is 18.2 Å². The SMILES string of the molecule is Cc1ccc(C(C)C)cc1O[C@@H](C)C(=O)N/N=C\C=C/c1ccccc1. The molecule has 0 heterocycles. The number of rotatable bonds is 7. The molecule has 0 fully saturated rings. The van der Waals surface area contributed by atoms with Gasteiger partial charge in [-0.3, -0.25) is 4.79 Å². The summed E-state index contributed by atoms with van der Waals surface area (Å²) in [6, 6.07) is 16.0. The molecular weight excluding hydrogens is 324 g/mol. The van der Waals surface area contributed by atoms with Gasteiger partial charge in [0.1, 0.15) is 5.75 Å². The minimum absolute atomic E-state index is 0.288. The highest BCUT2D eigenvalue weighted by Crippen LogP contribution is 2.25. The molecule has 2 rings (SSSR count). The van der Waals surface area contributed by atoms with Gasteiger partial charge in [-0.1, -0.05) is 62.4 Å². The largest absolute Gasteiger partial charge is 0.481 e. The Morgan fingerprint density at radius 2 is 1.85 bits per heavy atom. The van der Waals surface area contributed by atoms with Crippen molar-refractivity contribution in [2.24, 2.45) is 5.10 Å². The van der Waals surface area contributed by atoms with Gasteiger partial charge in [0.15, 0.2) is 6.10 Å². The topological polar surface area (TPSA) is 50.7 Å². The van der Waals surface area contributed by atoms with Crippen LogP contribution in [0.1, 0.15) is 43.4 Å². The normalized spacial score (nSPS) is 12.7. The molecule has 2 aromatic carbocycles. The van der Waals surface area contributed by atoms with Gasteiger partial charge in [-0.25, -0.2) is 5.43 Å². The zero-order valence-electron chi connectivity index (χ0n) is 15.8. The van der Waals surface area contributed by atoms with Crippen LogP contribution in [0.5, 0.6) is 5.75 Å². The highest BCUT2D eigenvalue weighted by molar-refractivity contribution is 5.83. The summed E-state index contributed by atoms with van der Waals surface area (Å²) in [7, 11) is 0. The Kier molecular flexibility index (Phi) is 7.15. The average molecular weight is 350 g/mol. The fraction of sp³-hybridized carbons (Fsp3) is 0.273. The van der Waals surface area contributed by atoms with Crippen LogP contribution in [-0.2, 0) is 4.79 Å². The maximum absolute atomic E-state index is 12.1. The minimum atomic E-state index is -0.633. The highest BCUT2D eigenvalue weighted by atomic mass is 16.5. The molecule has 0 aliphatic rings. The number of carbonyl (C=O) groups is 1. The number of ether oxygens (including phenoxy) is 1. The van der Waals surface area contributed by atoms with Gasteiger partial charge >= 0.3 is 0 Å². The number of aryl methyl sites for hydroxylation is 1. The van der Waals surface area contributed by atoms with E-state index in [4.69, 9.17) is 4.74 Å². The molecule has 4 nitrogen and oxygen atoms in total. The second-order valence-electron chi connectivity index (χ2n) is 6.46. The quantitative estimate of drug-likeness (QED) is 0.581. The number of nitrogens with one attached hydrogen (secondary N) is 1. The summed E-state index contributed by atoms with van der Waals surface area (Å²) in [5, 5.41) is 3.93. The van der Waals surface area contributed by atoms with Crippen molar-refractivity contribution in [2.45, 2.75) is 39.7 Å². The van der Waals surface area contributed by atoms with Crippen molar-refractivity contribution in [3.8, 4) is 5.75 Å². The van der Waals surface area contributed by atoms with E-state index < -0.39 is 6.10 Å². The standard InChI is InChI=1S/C22H26N2O2/c1-16(2)20-13-12-17(3)21(15-20)26-18(4)22(25)24-23-14-8-11-19-9-6-5-7-10-19/h5-16,18H,1-4H3,(H,24,25)/b11-8-,23-14-/t18-/m0/s1. The molecule has 2 aromatic rings. The van der Waals surface area contributed by atoms with Crippen LogP contribution < -0.4 is 10.2 Å². The van der Waals surface area contributed by atoms with E-state index in [-0.39, 0.29) is 5.91 Å². The van der Waals surface area contributed by atoms with Gasteiger partial charge in [0, 0.05) is 6.21 Å². The molecule has 26 heavy (non-hydrogen) atoms. The van der Waals surface area contributed by atoms with Crippen LogP contribution in [0.25, 0.3) is 6.08 Å². The second-order valence-corrected chi connectivity index (χ2v) is 6.46. The van der Waals surface area contributed by atoms with Crippen LogP contribution in [0, 0.1) is 6.92 Å². The number of nitrogens with zero attached hydrogens (tertiary/aromatic N) is 1. The van der Waals surface area contributed by atoms with E-state index in [0.29, 0.717) is 5.92 Å². The predicted molar refractivity (Wildman–Crippen MR) is 107 cm³/mol. The Bertz CT molecular complexity index is 780. The molecule has 0 aromatic heterocycles. The zero-order chi connectivity index (χ0) is 18.9. The second kappa shape index (κ2) is 9.56. The average Bonchev–Trinajstić information content (AvgIpc) is 2.63. The molecule has 1 atom stereocenters. The number of amides is 1. The monoisotopic (exact) mass is 350 g/mol. The third-order valence-corrected chi connectivity index (χ3v) is 3.98. The summed E-state index contributed by atoms with van der Waals surface area (Å²) in [4.78, 5) is 12.1. The van der Waals surface area contributed by atoms with Crippen molar-refractivity contribution in [1.82, 2.24) is 5.43 Å². The van der Waals surface area contributed by atoms with E-state index in [0.717, 1.165) is 16.9 Å². The minimum Gasteiger partial charge on any atom is -0.481 e. The van der Waals surface area contributed by atoms with Gasteiger partial charge < -0.3 is 4.74 Å². The van der Waals surface area contributed by atoms with Crippen molar-refractivity contribution in [3.63, 3.8) is 0 Å². The lowest BCUT2D eigenvalue weighted by Crippen LogP contribution is -2.33. The number of benzene rings is 2. The van der Waals surface area contributed by atoms with E-state index >= 15 is 0 Å². The molecule has 4 heteroatoms. The highest BCUT2D eigenvalue weighted by Gasteiger charge is 2.15. The van der Waals surface area contributed by atoms with Crippen LogP contribution in [-0.4, -0.2) is 18.2 Å². The summed E-state index contributed by atoms with van der Waals surface area (Å²) in [6.45, 7) is 7.94. The lowest BCUT2D eigenvalue weighted by atomic mass is 10.0. The summed E-state index contributed by atoms with van der Waals surface area (Å²) < 4.78 is 5.82. The van der Waals surface area contributed by atoms with Gasteiger partial charge in [0.05, 0.1) is 0 Å². The number of hydrogen-bond acceptors (Lipinski definition) is 3. The molecule has 0 saturated heterocycles. The lowest BCUT2D eigenvalue weighted by molar-refractivity contribution is -0.127. The van der Waals surface area contributed by atoms with E-state index in [1.54, 1.807) is 19.2 Å². The van der Waals surface area contributed by atoms with Crippen molar-refractivity contribution in [3.05, 3.63) is 71.3 Å². The van der Waals surface area contributed by atoms with E-state index in [9.17, 15) is 4.79 Å². The fourth-order valence-corrected chi connectivity index (χ4v) is 2.30. The van der Waals surface area contributed by atoms with Gasteiger partial charge in [-0.15, -0.1) is 0 Å². The van der Waals surface area contributed by atoms with Gasteiger partial charge in [-0.05, 0) is 48.6 Å². The summed E-state index contributed by atoms with van der Waals surface area (Å²) >= 11 is 0. The maximum atomic E-state index is 12.1. The predicted octanol–water partition coefficient (Wildman–Crippen LogP) is 4.70. The molecule has 0 aliphatic carbocycles. The summed E-state index contributed by atoms with van der Waals surface area (Å²) in [5.41, 5.74) is 5.76. The Labute approximate surface area is 155 Å². The van der Waals surface area contributed by atoms with Crippen molar-refractivity contribution < 1.29 is 9.53 Å². The summed E-state index contributed by atoms with van der Waals surface area (Å²) in [6.07, 6.45) is 4.60. The molecule has 0 bridgehead atoms. The number of hydrazone groups is 1. The van der Waals surface area contributed by atoms with Crippen LogP contribution in [0.4, 0.5) is 0 Å². The first-order valence-electron chi connectivity index (χ1n) is 8.79. The summed E-state index contributed by atoms with van der Waals surface area (Å²) in [5.74, 6) is 0.846. The molecule has 0 radical (unpaired) electrons. The molecule has 1 amide bonds. The molecule has 0 spiro atoms. The Hall–Kier alpha value is -2.88. The van der Waals surface area contributed by atoms with Crippen LogP contribution in [0.3, 0.4) is 0 Å². The Morgan fingerprint density at radius 3 is 2.54 bits per heavy atom. The van der Waals surface area contributed by atoms with Crippen LogP contribution in [0.15, 0.2) is 59.7 Å². The maximum Gasteiger partial charge on any atom is 0.280 e. The third-order valence-electron chi connectivity index (χ3n) is 3.98. The molecule has 0 unspecified atom stereocenters. The van der Waals surface area contributed by atoms with E-state index in [1.807, 2.05) is 55.5 Å². The number of hydrogen-bond donors (Lipinski definition) is 1. The zero-order valence-corrected chi connectivity index (χ0v) is 15.8. The Balaban J connectivity index is 1.88. The Morgan fingerprint density at radius 1 is 1.12 bits per heavy atom. The van der Waals surface area contributed by atoms with Crippen molar-refractivity contribution in [2.75, 3.05) is 0 Å². The van der Waals surface area contributed by atoms with Crippen molar-refractivity contribution in [1.29, 1.82) is 0 Å². The van der Waals surface area contributed by atoms with E-state index in [1.165, 1.54) is 5.56 Å². The van der Waals surface area contributed by atoms with Gasteiger partial charge in [0.2, 0.25) is 0 Å².